The minimum atomic E-state index is 0.848. The Balaban J connectivity index is 1.98. The third kappa shape index (κ3) is 1.20. The zero-order valence-corrected chi connectivity index (χ0v) is 10.8. The van der Waals surface area contributed by atoms with E-state index >= 15 is 0 Å². The van der Waals surface area contributed by atoms with Crippen LogP contribution in [0.2, 0.25) is 0 Å². The zero-order chi connectivity index (χ0) is 13.1. The van der Waals surface area contributed by atoms with Crippen molar-refractivity contribution in [1.82, 2.24) is 19.9 Å². The molecular weight excluding hydrogens is 248 g/mol. The van der Waals surface area contributed by atoms with Crippen LogP contribution in [0.1, 0.15) is 17.7 Å². The number of nitrogens with one attached hydrogen (secondary N) is 2. The second-order valence-electron chi connectivity index (χ2n) is 5.25. The third-order valence-corrected chi connectivity index (χ3v) is 4.03. The minimum Gasteiger partial charge on any atom is -0.341 e. The van der Waals surface area contributed by atoms with Crippen molar-refractivity contribution in [1.29, 1.82) is 0 Å². The lowest BCUT2D eigenvalue weighted by atomic mass is 10.1. The number of nitrogens with zero attached hydrogens (tertiary/aromatic N) is 2. The van der Waals surface area contributed by atoms with Crippen LogP contribution < -0.4 is 0 Å². The normalized spacial score (nSPS) is 14.4. The number of para-hydroxylation sites is 1. The van der Waals surface area contributed by atoms with E-state index in [2.05, 4.69) is 34.3 Å². The molecule has 3 heterocycles. The summed E-state index contributed by atoms with van der Waals surface area (Å²) in [7, 11) is 0. The summed E-state index contributed by atoms with van der Waals surface area (Å²) in [5.41, 5.74) is 7.19. The fraction of sp³-hybridized carbons (Fsp3) is 0.125. The first-order valence-corrected chi connectivity index (χ1v) is 6.86. The number of rotatable bonds is 0. The number of allylic oxidation sites excluding steroid dienone is 1. The highest BCUT2D eigenvalue weighted by molar-refractivity contribution is 6.06. The van der Waals surface area contributed by atoms with Crippen molar-refractivity contribution in [3.8, 4) is 0 Å². The molecule has 0 bridgehead atoms. The second-order valence-corrected chi connectivity index (χ2v) is 5.25. The maximum absolute atomic E-state index is 4.86. The van der Waals surface area contributed by atoms with Gasteiger partial charge in [-0.15, -0.1) is 0 Å². The molecular formula is C16H12N4. The number of hydrogen-bond donors (Lipinski definition) is 2. The predicted octanol–water partition coefficient (Wildman–Crippen LogP) is 3.55. The van der Waals surface area contributed by atoms with Crippen LogP contribution in [0.4, 0.5) is 0 Å². The van der Waals surface area contributed by atoms with Gasteiger partial charge in [-0.25, -0.2) is 9.97 Å². The monoisotopic (exact) mass is 260 g/mol. The van der Waals surface area contributed by atoms with E-state index in [1.807, 2.05) is 12.1 Å². The number of hydrogen-bond acceptors (Lipinski definition) is 2. The molecule has 0 radical (unpaired) electrons. The number of fused-ring (bicyclic) bond motifs is 6. The van der Waals surface area contributed by atoms with Gasteiger partial charge in [0.2, 0.25) is 0 Å². The van der Waals surface area contributed by atoms with Crippen molar-refractivity contribution in [2.24, 2.45) is 0 Å². The summed E-state index contributed by atoms with van der Waals surface area (Å²) >= 11 is 0. The number of aromatic amines is 2. The fourth-order valence-corrected chi connectivity index (χ4v) is 3.07. The molecule has 1 aliphatic carbocycles. The molecule has 2 N–H and O–H groups in total. The summed E-state index contributed by atoms with van der Waals surface area (Å²) in [6.07, 6.45) is 6.49. The first kappa shape index (κ1) is 10.2. The molecule has 4 nitrogen and oxygen atoms in total. The third-order valence-electron chi connectivity index (χ3n) is 4.03. The molecule has 4 heteroatoms. The minimum absolute atomic E-state index is 0.848. The average Bonchev–Trinajstić information content (AvgIpc) is 3.02. The van der Waals surface area contributed by atoms with E-state index in [4.69, 9.17) is 9.97 Å². The Morgan fingerprint density at radius 2 is 1.85 bits per heavy atom. The van der Waals surface area contributed by atoms with Crippen LogP contribution in [0.5, 0.6) is 0 Å². The number of aromatic nitrogens is 4. The molecule has 0 aliphatic heterocycles. The highest BCUT2D eigenvalue weighted by atomic mass is 15.0. The first-order valence-electron chi connectivity index (χ1n) is 6.86. The molecule has 0 saturated heterocycles. The summed E-state index contributed by atoms with van der Waals surface area (Å²) < 4.78 is 0. The van der Waals surface area contributed by atoms with E-state index in [1.165, 1.54) is 11.3 Å². The van der Waals surface area contributed by atoms with Gasteiger partial charge in [-0.05, 0) is 18.9 Å². The molecule has 0 atom stereocenters. The highest BCUT2D eigenvalue weighted by Gasteiger charge is 2.16. The number of H-pyrrole nitrogens is 2. The smallest absolute Gasteiger partial charge is 0.159 e. The molecule has 0 saturated carbocycles. The molecule has 96 valence electrons. The van der Waals surface area contributed by atoms with Crippen LogP contribution in [0.15, 0.2) is 30.3 Å². The quantitative estimate of drug-likeness (QED) is 0.508. The Kier molecular flexibility index (Phi) is 1.77. The van der Waals surface area contributed by atoms with Gasteiger partial charge in [0.05, 0.1) is 0 Å². The van der Waals surface area contributed by atoms with E-state index in [0.717, 1.165) is 46.1 Å². The Morgan fingerprint density at radius 3 is 2.85 bits per heavy atom. The van der Waals surface area contributed by atoms with Crippen LogP contribution in [0, 0.1) is 0 Å². The van der Waals surface area contributed by atoms with Gasteiger partial charge in [0.1, 0.15) is 11.0 Å². The van der Waals surface area contributed by atoms with Crippen LogP contribution in [0.3, 0.4) is 0 Å². The molecule has 0 spiro atoms. The Hall–Kier alpha value is -2.62. The maximum atomic E-state index is 4.86. The summed E-state index contributed by atoms with van der Waals surface area (Å²) in [5, 5.41) is 1.13. The first-order chi connectivity index (χ1) is 9.90. The number of benzene rings is 1. The molecule has 1 aromatic carbocycles. The van der Waals surface area contributed by atoms with Gasteiger partial charge >= 0.3 is 0 Å². The van der Waals surface area contributed by atoms with Crippen molar-refractivity contribution in [3.63, 3.8) is 0 Å². The van der Waals surface area contributed by atoms with Crippen molar-refractivity contribution >= 4 is 39.3 Å². The van der Waals surface area contributed by atoms with Crippen molar-refractivity contribution < 1.29 is 0 Å². The van der Waals surface area contributed by atoms with Gasteiger partial charge in [0, 0.05) is 22.2 Å². The molecule has 1 aliphatic rings. The predicted molar refractivity (Wildman–Crippen MR) is 80.6 cm³/mol. The Morgan fingerprint density at radius 1 is 0.950 bits per heavy atom. The average molecular weight is 260 g/mol. The standard InChI is InChI=1S/C16H12N4/c1-3-7-11-9(5-1)13-15(17-11)20-16-14(19-13)10-6-2-4-8-12(10)18-16/h1-3,5-7H,4,8H2,(H2,17,18,20). The summed E-state index contributed by atoms with van der Waals surface area (Å²) in [6, 6.07) is 8.20. The van der Waals surface area contributed by atoms with Crippen molar-refractivity contribution in [2.75, 3.05) is 0 Å². The lowest BCUT2D eigenvalue weighted by molar-refractivity contribution is 0.948. The van der Waals surface area contributed by atoms with Crippen molar-refractivity contribution in [3.05, 3.63) is 41.6 Å². The van der Waals surface area contributed by atoms with Gasteiger partial charge in [-0.1, -0.05) is 30.4 Å². The van der Waals surface area contributed by atoms with Crippen molar-refractivity contribution in [2.45, 2.75) is 12.8 Å². The Bertz CT molecular complexity index is 1000. The molecule has 5 rings (SSSR count). The summed E-state index contributed by atoms with van der Waals surface area (Å²) in [6.45, 7) is 0. The van der Waals surface area contributed by atoms with E-state index in [1.54, 1.807) is 0 Å². The second kappa shape index (κ2) is 3.48. The van der Waals surface area contributed by atoms with Gasteiger partial charge in [-0.2, -0.15) is 0 Å². The molecule has 0 fully saturated rings. The largest absolute Gasteiger partial charge is 0.341 e. The van der Waals surface area contributed by atoms with E-state index < -0.39 is 0 Å². The highest BCUT2D eigenvalue weighted by Crippen LogP contribution is 2.29. The van der Waals surface area contributed by atoms with Gasteiger partial charge in [0.25, 0.3) is 0 Å². The molecule has 0 amide bonds. The maximum Gasteiger partial charge on any atom is 0.159 e. The summed E-state index contributed by atoms with van der Waals surface area (Å²) in [4.78, 5) is 16.3. The molecule has 3 aromatic heterocycles. The molecule has 4 aromatic rings. The van der Waals surface area contributed by atoms with Gasteiger partial charge < -0.3 is 9.97 Å². The van der Waals surface area contributed by atoms with Crippen LogP contribution in [0.25, 0.3) is 39.3 Å². The molecule has 0 unspecified atom stereocenters. The van der Waals surface area contributed by atoms with Gasteiger partial charge in [-0.3, -0.25) is 0 Å². The topological polar surface area (TPSA) is 57.4 Å². The van der Waals surface area contributed by atoms with Gasteiger partial charge in [0.15, 0.2) is 11.3 Å². The molecule has 20 heavy (non-hydrogen) atoms. The Labute approximate surface area is 114 Å². The van der Waals surface area contributed by atoms with E-state index in [0.29, 0.717) is 0 Å². The lowest BCUT2D eigenvalue weighted by Gasteiger charge is -2.02. The summed E-state index contributed by atoms with van der Waals surface area (Å²) in [5.74, 6) is 0. The van der Waals surface area contributed by atoms with Crippen LogP contribution in [-0.2, 0) is 6.42 Å². The van der Waals surface area contributed by atoms with E-state index in [9.17, 15) is 0 Å². The van der Waals surface area contributed by atoms with Crippen LogP contribution >= 0.6 is 0 Å². The SMILES string of the molecule is C1=Cc2c([nH]c3nc4[nH]c5ccccc5c4nc23)CC1. The van der Waals surface area contributed by atoms with E-state index in [-0.39, 0.29) is 0 Å². The van der Waals surface area contributed by atoms with Crippen LogP contribution in [-0.4, -0.2) is 19.9 Å². The lowest BCUT2D eigenvalue weighted by Crippen LogP contribution is -1.91. The number of aryl methyl sites for hydroxylation is 1. The fourth-order valence-electron chi connectivity index (χ4n) is 3.07. The zero-order valence-electron chi connectivity index (χ0n) is 10.8.